The van der Waals surface area contributed by atoms with Gasteiger partial charge in [0.25, 0.3) is 0 Å². The van der Waals surface area contributed by atoms with Gasteiger partial charge < -0.3 is 10.8 Å². The minimum Gasteiger partial charge on any atom is -0.389 e. The maximum Gasteiger partial charge on any atom is 0.149 e. The van der Waals surface area contributed by atoms with Crippen LogP contribution in [0.15, 0.2) is 0 Å². The Morgan fingerprint density at radius 3 is 2.50 bits per heavy atom. The highest BCUT2D eigenvalue weighted by molar-refractivity contribution is 7.18. The molecule has 1 atom stereocenters. The average Bonchev–Trinajstić information content (AvgIpc) is 2.70. The predicted octanol–water partition coefficient (Wildman–Crippen LogP) is 3.04. The number of aromatic nitrogens is 2. The number of hydrogen-bond acceptors (Lipinski definition) is 6. The molecule has 0 fully saturated rings. The van der Waals surface area contributed by atoms with Crippen molar-refractivity contribution in [1.82, 2.24) is 14.9 Å². The fraction of sp³-hybridized carbons (Fsp3) is 0.625. The summed E-state index contributed by atoms with van der Waals surface area (Å²) in [6.45, 7) is 13.3. The normalized spacial score (nSPS) is 14.0. The summed E-state index contributed by atoms with van der Waals surface area (Å²) in [6.07, 6.45) is 0. The summed E-state index contributed by atoms with van der Waals surface area (Å²) in [7, 11) is 0. The van der Waals surface area contributed by atoms with Crippen LogP contribution in [-0.4, -0.2) is 38.7 Å². The molecule has 0 saturated carbocycles. The van der Waals surface area contributed by atoms with Crippen molar-refractivity contribution in [3.8, 4) is 0 Å². The molecule has 2 rings (SSSR count). The standard InChI is InChI=1S/C16H26N4OS/c1-7-20(8-16(5,6)21)10(3)14-18-13(17)12-9(2)11(4)22-15(12)19-14/h10,21H,7-8H2,1-6H3,(H2,17,18,19). The first-order valence-electron chi connectivity index (χ1n) is 7.63. The molecular weight excluding hydrogens is 296 g/mol. The van der Waals surface area contributed by atoms with E-state index in [9.17, 15) is 5.11 Å². The number of aliphatic hydroxyl groups is 1. The van der Waals surface area contributed by atoms with E-state index in [1.54, 1.807) is 11.3 Å². The Morgan fingerprint density at radius 1 is 1.32 bits per heavy atom. The number of anilines is 1. The predicted molar refractivity (Wildman–Crippen MR) is 93.3 cm³/mol. The molecule has 0 radical (unpaired) electrons. The molecule has 6 heteroatoms. The van der Waals surface area contributed by atoms with E-state index in [-0.39, 0.29) is 6.04 Å². The molecular formula is C16H26N4OS. The van der Waals surface area contributed by atoms with Gasteiger partial charge in [-0.3, -0.25) is 4.90 Å². The molecule has 0 aliphatic heterocycles. The third kappa shape index (κ3) is 3.39. The number of rotatable bonds is 5. The number of nitrogen functional groups attached to an aromatic ring is 1. The zero-order chi connectivity index (χ0) is 16.7. The molecule has 2 aromatic rings. The number of aryl methyl sites for hydroxylation is 2. The number of nitrogens with two attached hydrogens (primary N) is 1. The van der Waals surface area contributed by atoms with E-state index in [1.165, 1.54) is 10.4 Å². The van der Waals surface area contributed by atoms with Gasteiger partial charge in [0.05, 0.1) is 17.0 Å². The Balaban J connectivity index is 2.41. The van der Waals surface area contributed by atoms with Gasteiger partial charge in [0.1, 0.15) is 16.5 Å². The first kappa shape index (κ1) is 17.1. The van der Waals surface area contributed by atoms with Crippen LogP contribution in [-0.2, 0) is 0 Å². The van der Waals surface area contributed by atoms with Gasteiger partial charge in [-0.1, -0.05) is 6.92 Å². The highest BCUT2D eigenvalue weighted by atomic mass is 32.1. The molecule has 3 N–H and O–H groups in total. The first-order chi connectivity index (χ1) is 10.1. The zero-order valence-corrected chi connectivity index (χ0v) is 15.1. The van der Waals surface area contributed by atoms with Crippen LogP contribution in [0, 0.1) is 13.8 Å². The van der Waals surface area contributed by atoms with Gasteiger partial charge in [-0.15, -0.1) is 11.3 Å². The molecule has 2 heterocycles. The monoisotopic (exact) mass is 322 g/mol. The van der Waals surface area contributed by atoms with E-state index in [1.807, 2.05) is 13.8 Å². The third-order valence-electron chi connectivity index (χ3n) is 3.99. The smallest absolute Gasteiger partial charge is 0.149 e. The van der Waals surface area contributed by atoms with Crippen LogP contribution in [0.5, 0.6) is 0 Å². The second kappa shape index (κ2) is 6.10. The fourth-order valence-corrected chi connectivity index (χ4v) is 3.71. The Bertz CT molecular complexity index is 675. The van der Waals surface area contributed by atoms with Crippen molar-refractivity contribution >= 4 is 27.4 Å². The Labute approximate surface area is 136 Å². The third-order valence-corrected chi connectivity index (χ3v) is 5.09. The highest BCUT2D eigenvalue weighted by Gasteiger charge is 2.25. The average molecular weight is 322 g/mol. The fourth-order valence-electron chi connectivity index (χ4n) is 2.67. The van der Waals surface area contributed by atoms with Gasteiger partial charge in [0.15, 0.2) is 0 Å². The number of likely N-dealkylation sites (N-methyl/N-ethyl adjacent to an activating group) is 1. The number of hydrogen-bond donors (Lipinski definition) is 2. The maximum absolute atomic E-state index is 10.1. The second-order valence-electron chi connectivity index (χ2n) is 6.48. The molecule has 0 aliphatic carbocycles. The van der Waals surface area contributed by atoms with Crippen molar-refractivity contribution in [2.75, 3.05) is 18.8 Å². The Morgan fingerprint density at radius 2 is 1.95 bits per heavy atom. The van der Waals surface area contributed by atoms with Crippen LogP contribution in [0.3, 0.4) is 0 Å². The van der Waals surface area contributed by atoms with E-state index in [0.717, 1.165) is 22.6 Å². The van der Waals surface area contributed by atoms with Crippen LogP contribution in [0.2, 0.25) is 0 Å². The molecule has 1 unspecified atom stereocenters. The van der Waals surface area contributed by atoms with Gasteiger partial charge in [-0.05, 0) is 46.7 Å². The van der Waals surface area contributed by atoms with Gasteiger partial charge in [0, 0.05) is 11.4 Å². The Hall–Kier alpha value is -1.24. The van der Waals surface area contributed by atoms with Gasteiger partial charge in [0.2, 0.25) is 0 Å². The molecule has 0 bridgehead atoms. The van der Waals surface area contributed by atoms with Crippen LogP contribution in [0.4, 0.5) is 5.82 Å². The van der Waals surface area contributed by atoms with Crippen molar-refractivity contribution in [3.63, 3.8) is 0 Å². The van der Waals surface area contributed by atoms with Crippen molar-refractivity contribution in [1.29, 1.82) is 0 Å². The lowest BCUT2D eigenvalue weighted by Gasteiger charge is -2.32. The molecule has 122 valence electrons. The number of fused-ring (bicyclic) bond motifs is 1. The van der Waals surface area contributed by atoms with Crippen LogP contribution < -0.4 is 5.73 Å². The van der Waals surface area contributed by atoms with E-state index in [2.05, 4.69) is 37.6 Å². The van der Waals surface area contributed by atoms with Crippen LogP contribution in [0.25, 0.3) is 10.2 Å². The molecule has 0 aromatic carbocycles. The summed E-state index contributed by atoms with van der Waals surface area (Å²) in [5.74, 6) is 1.27. The van der Waals surface area contributed by atoms with Gasteiger partial charge in [-0.2, -0.15) is 0 Å². The molecule has 0 spiro atoms. The van der Waals surface area contributed by atoms with Crippen LogP contribution in [0.1, 0.15) is 50.0 Å². The maximum atomic E-state index is 10.1. The molecule has 0 amide bonds. The zero-order valence-electron chi connectivity index (χ0n) is 14.3. The minimum absolute atomic E-state index is 0.00540. The van der Waals surface area contributed by atoms with E-state index in [4.69, 9.17) is 10.7 Å². The summed E-state index contributed by atoms with van der Waals surface area (Å²) >= 11 is 1.66. The summed E-state index contributed by atoms with van der Waals surface area (Å²) in [6, 6.07) is 0.00540. The van der Waals surface area contributed by atoms with Crippen molar-refractivity contribution in [2.45, 2.75) is 53.2 Å². The lowest BCUT2D eigenvalue weighted by molar-refractivity contribution is 0.0238. The minimum atomic E-state index is -0.754. The lowest BCUT2D eigenvalue weighted by atomic mass is 10.1. The van der Waals surface area contributed by atoms with Gasteiger partial charge >= 0.3 is 0 Å². The van der Waals surface area contributed by atoms with Crippen molar-refractivity contribution in [3.05, 3.63) is 16.3 Å². The first-order valence-corrected chi connectivity index (χ1v) is 8.45. The summed E-state index contributed by atoms with van der Waals surface area (Å²) < 4.78 is 0. The van der Waals surface area contributed by atoms with Crippen LogP contribution >= 0.6 is 11.3 Å². The molecule has 0 saturated heterocycles. The lowest BCUT2D eigenvalue weighted by Crippen LogP contribution is -2.40. The number of nitrogens with zero attached hydrogens (tertiary/aromatic N) is 3. The summed E-state index contributed by atoms with van der Waals surface area (Å²) in [4.78, 5) is 13.6. The molecule has 5 nitrogen and oxygen atoms in total. The molecule has 22 heavy (non-hydrogen) atoms. The molecule has 2 aromatic heterocycles. The van der Waals surface area contributed by atoms with E-state index >= 15 is 0 Å². The van der Waals surface area contributed by atoms with Crippen molar-refractivity contribution in [2.24, 2.45) is 0 Å². The topological polar surface area (TPSA) is 75.3 Å². The number of thiophene rings is 1. The summed E-state index contributed by atoms with van der Waals surface area (Å²) in [5.41, 5.74) is 6.58. The largest absolute Gasteiger partial charge is 0.389 e. The van der Waals surface area contributed by atoms with E-state index in [0.29, 0.717) is 12.4 Å². The quantitative estimate of drug-likeness (QED) is 0.885. The molecule has 0 aliphatic rings. The van der Waals surface area contributed by atoms with Crippen molar-refractivity contribution < 1.29 is 5.11 Å². The highest BCUT2D eigenvalue weighted by Crippen LogP contribution is 2.33. The van der Waals surface area contributed by atoms with E-state index < -0.39 is 5.60 Å². The second-order valence-corrected chi connectivity index (χ2v) is 7.69. The summed E-state index contributed by atoms with van der Waals surface area (Å²) in [5, 5.41) is 11.1. The Kier molecular flexibility index (Phi) is 4.75. The van der Waals surface area contributed by atoms with Gasteiger partial charge in [-0.25, -0.2) is 9.97 Å². The SMILES string of the molecule is CCN(CC(C)(C)O)C(C)c1nc(N)c2c(C)c(C)sc2n1.